The highest BCUT2D eigenvalue weighted by molar-refractivity contribution is 5.78. The standard InChI is InChI=1S/C18H18FN7O2/c19-14-3-1-2-4-15(14)28-11-18(27)25-9-7-24(8-10-25)16-5-6-17(23-22-16)26-13-20-12-21-26/h1-6,12-13H,7-11H2. The van der Waals surface area contributed by atoms with Gasteiger partial charge in [-0.15, -0.1) is 10.2 Å². The van der Waals surface area contributed by atoms with Crippen molar-refractivity contribution in [1.82, 2.24) is 29.9 Å². The Bertz CT molecular complexity index is 925. The van der Waals surface area contributed by atoms with Crippen LogP contribution in [0.25, 0.3) is 5.82 Å². The molecule has 0 spiro atoms. The van der Waals surface area contributed by atoms with Gasteiger partial charge in [0.15, 0.2) is 29.8 Å². The Hall–Kier alpha value is -3.56. The number of benzene rings is 1. The zero-order valence-electron chi connectivity index (χ0n) is 15.0. The lowest BCUT2D eigenvalue weighted by atomic mass is 10.3. The summed E-state index contributed by atoms with van der Waals surface area (Å²) < 4.78 is 20.4. The van der Waals surface area contributed by atoms with Gasteiger partial charge in [0.05, 0.1) is 0 Å². The van der Waals surface area contributed by atoms with Crippen molar-refractivity contribution in [3.05, 3.63) is 54.9 Å². The Balaban J connectivity index is 1.29. The quantitative estimate of drug-likeness (QED) is 0.647. The molecule has 1 amide bonds. The van der Waals surface area contributed by atoms with E-state index in [1.54, 1.807) is 23.4 Å². The summed E-state index contributed by atoms with van der Waals surface area (Å²) in [6.45, 7) is 2.14. The summed E-state index contributed by atoms with van der Waals surface area (Å²) in [5.74, 6) is 0.750. The van der Waals surface area contributed by atoms with Gasteiger partial charge in [-0.3, -0.25) is 4.79 Å². The van der Waals surface area contributed by atoms with Crippen LogP contribution in [-0.4, -0.2) is 68.6 Å². The first-order valence-corrected chi connectivity index (χ1v) is 8.79. The highest BCUT2D eigenvalue weighted by Gasteiger charge is 2.22. The van der Waals surface area contributed by atoms with Crippen molar-refractivity contribution in [2.45, 2.75) is 0 Å². The fourth-order valence-electron chi connectivity index (χ4n) is 2.91. The molecule has 0 unspecified atom stereocenters. The lowest BCUT2D eigenvalue weighted by Crippen LogP contribution is -2.50. The predicted octanol–water partition coefficient (Wildman–Crippen LogP) is 0.924. The van der Waals surface area contributed by atoms with Crippen molar-refractivity contribution in [2.75, 3.05) is 37.7 Å². The van der Waals surface area contributed by atoms with Crippen LogP contribution in [0.1, 0.15) is 0 Å². The molecule has 9 nitrogen and oxygen atoms in total. The molecule has 1 saturated heterocycles. The maximum Gasteiger partial charge on any atom is 0.260 e. The SMILES string of the molecule is O=C(COc1ccccc1F)N1CCN(c2ccc(-n3cncn3)nn2)CC1. The molecule has 3 heterocycles. The number of piperazine rings is 1. The Labute approximate surface area is 160 Å². The van der Waals surface area contributed by atoms with Crippen molar-refractivity contribution in [2.24, 2.45) is 0 Å². The van der Waals surface area contributed by atoms with Crippen molar-refractivity contribution in [3.8, 4) is 11.6 Å². The Morgan fingerprint density at radius 2 is 1.79 bits per heavy atom. The summed E-state index contributed by atoms with van der Waals surface area (Å²) >= 11 is 0. The predicted molar refractivity (Wildman–Crippen MR) is 97.6 cm³/mol. The maximum absolute atomic E-state index is 13.6. The van der Waals surface area contributed by atoms with Crippen LogP contribution in [-0.2, 0) is 4.79 Å². The van der Waals surface area contributed by atoms with E-state index in [0.717, 1.165) is 5.82 Å². The van der Waals surface area contributed by atoms with E-state index in [4.69, 9.17) is 4.74 Å². The molecule has 1 aromatic carbocycles. The summed E-state index contributed by atoms with van der Waals surface area (Å²) in [7, 11) is 0. The average molecular weight is 383 g/mol. The molecule has 28 heavy (non-hydrogen) atoms. The number of para-hydroxylation sites is 1. The molecule has 0 N–H and O–H groups in total. The third kappa shape index (κ3) is 3.90. The van der Waals surface area contributed by atoms with E-state index >= 15 is 0 Å². The zero-order valence-corrected chi connectivity index (χ0v) is 15.0. The first-order chi connectivity index (χ1) is 13.7. The van der Waals surface area contributed by atoms with Crippen LogP contribution in [0.2, 0.25) is 0 Å². The number of nitrogens with zero attached hydrogens (tertiary/aromatic N) is 7. The van der Waals surface area contributed by atoms with E-state index < -0.39 is 5.82 Å². The number of anilines is 1. The van der Waals surface area contributed by atoms with Crippen LogP contribution in [0, 0.1) is 5.82 Å². The van der Waals surface area contributed by atoms with Gasteiger partial charge in [-0.2, -0.15) is 5.10 Å². The normalized spacial score (nSPS) is 14.2. The van der Waals surface area contributed by atoms with Crippen LogP contribution >= 0.6 is 0 Å². The molecule has 1 aliphatic rings. The number of hydrogen-bond acceptors (Lipinski definition) is 7. The number of halogens is 1. The summed E-state index contributed by atoms with van der Waals surface area (Å²) in [5.41, 5.74) is 0. The van der Waals surface area contributed by atoms with Gasteiger partial charge < -0.3 is 14.5 Å². The van der Waals surface area contributed by atoms with Gasteiger partial charge in [-0.05, 0) is 24.3 Å². The fraction of sp³-hybridized carbons (Fsp3) is 0.278. The van der Waals surface area contributed by atoms with E-state index in [-0.39, 0.29) is 18.3 Å². The van der Waals surface area contributed by atoms with Gasteiger partial charge in [0.1, 0.15) is 12.7 Å². The number of ether oxygens (including phenoxy) is 1. The number of amides is 1. The van der Waals surface area contributed by atoms with E-state index in [9.17, 15) is 9.18 Å². The minimum Gasteiger partial charge on any atom is -0.481 e. The first kappa shape index (κ1) is 17.8. The molecule has 10 heteroatoms. The summed E-state index contributed by atoms with van der Waals surface area (Å²) in [5, 5.41) is 12.4. The van der Waals surface area contributed by atoms with Gasteiger partial charge in [-0.25, -0.2) is 14.1 Å². The van der Waals surface area contributed by atoms with Gasteiger partial charge >= 0.3 is 0 Å². The molecule has 4 rings (SSSR count). The van der Waals surface area contributed by atoms with E-state index in [1.807, 2.05) is 12.1 Å². The summed E-state index contributed by atoms with van der Waals surface area (Å²) in [6.07, 6.45) is 2.99. The van der Waals surface area contributed by atoms with Crippen molar-refractivity contribution >= 4 is 11.7 Å². The van der Waals surface area contributed by atoms with Crippen LogP contribution < -0.4 is 9.64 Å². The van der Waals surface area contributed by atoms with E-state index in [0.29, 0.717) is 32.0 Å². The molecule has 0 atom stereocenters. The highest BCUT2D eigenvalue weighted by atomic mass is 19.1. The molecule has 3 aromatic rings. The van der Waals surface area contributed by atoms with E-state index in [2.05, 4.69) is 25.2 Å². The smallest absolute Gasteiger partial charge is 0.260 e. The molecular weight excluding hydrogens is 365 g/mol. The van der Waals surface area contributed by atoms with Crippen LogP contribution in [0.15, 0.2) is 49.1 Å². The number of carbonyl (C=O) groups is 1. The van der Waals surface area contributed by atoms with Gasteiger partial charge in [0.25, 0.3) is 5.91 Å². The first-order valence-electron chi connectivity index (χ1n) is 8.79. The number of rotatable bonds is 5. The molecule has 2 aromatic heterocycles. The number of aromatic nitrogens is 5. The second-order valence-corrected chi connectivity index (χ2v) is 6.18. The Morgan fingerprint density at radius 3 is 2.46 bits per heavy atom. The number of hydrogen-bond donors (Lipinski definition) is 0. The van der Waals surface area contributed by atoms with Crippen molar-refractivity contribution < 1.29 is 13.9 Å². The third-order valence-electron chi connectivity index (χ3n) is 4.43. The minimum atomic E-state index is -0.479. The van der Waals surface area contributed by atoms with E-state index in [1.165, 1.54) is 23.1 Å². The molecule has 0 saturated carbocycles. The second-order valence-electron chi connectivity index (χ2n) is 6.18. The highest BCUT2D eigenvalue weighted by Crippen LogP contribution is 2.16. The van der Waals surface area contributed by atoms with Crippen LogP contribution in [0.4, 0.5) is 10.2 Å². The average Bonchev–Trinajstić information content (AvgIpc) is 3.28. The van der Waals surface area contributed by atoms with Gasteiger partial charge in [0.2, 0.25) is 0 Å². The van der Waals surface area contributed by atoms with Gasteiger partial charge in [0, 0.05) is 26.2 Å². The molecular formula is C18H18FN7O2. The molecule has 0 bridgehead atoms. The topological polar surface area (TPSA) is 89.3 Å². The molecule has 0 radical (unpaired) electrons. The number of carbonyl (C=O) groups excluding carboxylic acids is 1. The summed E-state index contributed by atoms with van der Waals surface area (Å²) in [6, 6.07) is 9.72. The molecule has 1 fully saturated rings. The van der Waals surface area contributed by atoms with Crippen molar-refractivity contribution in [3.63, 3.8) is 0 Å². The zero-order chi connectivity index (χ0) is 19.3. The summed E-state index contributed by atoms with van der Waals surface area (Å²) in [4.78, 5) is 20.0. The van der Waals surface area contributed by atoms with Gasteiger partial charge in [-0.1, -0.05) is 12.1 Å². The second kappa shape index (κ2) is 7.99. The van der Waals surface area contributed by atoms with Crippen molar-refractivity contribution in [1.29, 1.82) is 0 Å². The monoisotopic (exact) mass is 383 g/mol. The minimum absolute atomic E-state index is 0.0808. The molecule has 144 valence electrons. The Kier molecular flexibility index (Phi) is 5.09. The fourth-order valence-corrected chi connectivity index (χ4v) is 2.91. The lowest BCUT2D eigenvalue weighted by molar-refractivity contribution is -0.133. The van der Waals surface area contributed by atoms with Crippen LogP contribution in [0.3, 0.4) is 0 Å². The maximum atomic E-state index is 13.6. The largest absolute Gasteiger partial charge is 0.481 e. The molecule has 0 aliphatic carbocycles. The molecule has 1 aliphatic heterocycles. The third-order valence-corrected chi connectivity index (χ3v) is 4.43. The lowest BCUT2D eigenvalue weighted by Gasteiger charge is -2.35. The van der Waals surface area contributed by atoms with Crippen LogP contribution in [0.5, 0.6) is 5.75 Å². The Morgan fingerprint density at radius 1 is 1.04 bits per heavy atom.